The monoisotopic (exact) mass is 174 g/mol. The Hall–Kier alpha value is -0.610. The van der Waals surface area contributed by atoms with Crippen molar-refractivity contribution in [2.24, 2.45) is 5.92 Å². The minimum Gasteiger partial charge on any atom is -0.466 e. The van der Waals surface area contributed by atoms with Crippen molar-refractivity contribution < 1.29 is 19.7 Å². The summed E-state index contributed by atoms with van der Waals surface area (Å²) in [4.78, 5) is 11.1. The standard InChI is InChI=1S/C8H14O4/c1-2-12-8(11)5-3-4-6(9)7(5)10/h5-7,9-10H,2-4H2,1H3/t5?,6-,7+/m0/s1. The summed E-state index contributed by atoms with van der Waals surface area (Å²) in [6, 6.07) is 0. The summed E-state index contributed by atoms with van der Waals surface area (Å²) >= 11 is 0. The second kappa shape index (κ2) is 3.87. The summed E-state index contributed by atoms with van der Waals surface area (Å²) in [5.74, 6) is -0.929. The molecule has 1 aliphatic carbocycles. The first kappa shape index (κ1) is 9.48. The Bertz CT molecular complexity index is 168. The number of hydrogen-bond donors (Lipinski definition) is 2. The van der Waals surface area contributed by atoms with Crippen molar-refractivity contribution >= 4 is 5.97 Å². The summed E-state index contributed by atoms with van der Waals surface area (Å²) in [6.07, 6.45) is -0.713. The molecule has 0 aliphatic heterocycles. The molecule has 0 radical (unpaired) electrons. The molecular weight excluding hydrogens is 160 g/mol. The number of hydrogen-bond acceptors (Lipinski definition) is 4. The van der Waals surface area contributed by atoms with Gasteiger partial charge in [0.15, 0.2) is 0 Å². The van der Waals surface area contributed by atoms with Crippen LogP contribution in [0.1, 0.15) is 19.8 Å². The number of aliphatic hydroxyl groups excluding tert-OH is 2. The van der Waals surface area contributed by atoms with E-state index in [9.17, 15) is 9.90 Å². The Kier molecular flexibility index (Phi) is 3.05. The Labute approximate surface area is 71.2 Å². The maximum atomic E-state index is 11.1. The molecule has 3 atom stereocenters. The number of aliphatic hydroxyl groups is 2. The van der Waals surface area contributed by atoms with Gasteiger partial charge >= 0.3 is 5.97 Å². The van der Waals surface area contributed by atoms with Crippen molar-refractivity contribution in [3.63, 3.8) is 0 Å². The Morgan fingerprint density at radius 1 is 1.50 bits per heavy atom. The zero-order chi connectivity index (χ0) is 9.14. The molecule has 4 heteroatoms. The van der Waals surface area contributed by atoms with E-state index >= 15 is 0 Å². The number of carbonyl (C=O) groups is 1. The predicted molar refractivity (Wildman–Crippen MR) is 41.4 cm³/mol. The van der Waals surface area contributed by atoms with Gasteiger partial charge in [-0.3, -0.25) is 4.79 Å². The fourth-order valence-corrected chi connectivity index (χ4v) is 1.47. The molecule has 1 aliphatic rings. The van der Waals surface area contributed by atoms with E-state index in [0.29, 0.717) is 19.4 Å². The smallest absolute Gasteiger partial charge is 0.311 e. The molecule has 0 aromatic rings. The Balaban J connectivity index is 2.47. The highest BCUT2D eigenvalue weighted by atomic mass is 16.5. The van der Waals surface area contributed by atoms with Gasteiger partial charge in [-0.15, -0.1) is 0 Å². The first-order valence-corrected chi connectivity index (χ1v) is 4.19. The first-order valence-electron chi connectivity index (χ1n) is 4.19. The van der Waals surface area contributed by atoms with Crippen molar-refractivity contribution in [1.82, 2.24) is 0 Å². The van der Waals surface area contributed by atoms with Gasteiger partial charge in [-0.05, 0) is 19.8 Å². The molecule has 0 spiro atoms. The third kappa shape index (κ3) is 1.76. The normalized spacial score (nSPS) is 35.1. The zero-order valence-corrected chi connectivity index (χ0v) is 7.06. The van der Waals surface area contributed by atoms with Gasteiger partial charge in [0.2, 0.25) is 0 Å². The van der Waals surface area contributed by atoms with Crippen LogP contribution < -0.4 is 0 Å². The third-order valence-corrected chi connectivity index (χ3v) is 2.17. The molecule has 4 nitrogen and oxygen atoms in total. The summed E-state index contributed by atoms with van der Waals surface area (Å²) < 4.78 is 4.73. The molecule has 1 saturated carbocycles. The Morgan fingerprint density at radius 3 is 2.58 bits per heavy atom. The average molecular weight is 174 g/mol. The van der Waals surface area contributed by atoms with E-state index in [1.165, 1.54) is 0 Å². The largest absolute Gasteiger partial charge is 0.466 e. The highest BCUT2D eigenvalue weighted by Crippen LogP contribution is 2.26. The van der Waals surface area contributed by atoms with Crippen LogP contribution in [0.25, 0.3) is 0 Å². The van der Waals surface area contributed by atoms with Gasteiger partial charge in [-0.25, -0.2) is 0 Å². The number of carbonyl (C=O) groups excluding carboxylic acids is 1. The van der Waals surface area contributed by atoms with Crippen LogP contribution in [0.4, 0.5) is 0 Å². The fourth-order valence-electron chi connectivity index (χ4n) is 1.47. The number of rotatable bonds is 2. The van der Waals surface area contributed by atoms with Crippen molar-refractivity contribution in [3.05, 3.63) is 0 Å². The van der Waals surface area contributed by atoms with Gasteiger partial charge in [-0.1, -0.05) is 0 Å². The van der Waals surface area contributed by atoms with Gasteiger partial charge in [0.25, 0.3) is 0 Å². The third-order valence-electron chi connectivity index (χ3n) is 2.17. The van der Waals surface area contributed by atoms with Crippen LogP contribution in [0.15, 0.2) is 0 Å². The number of ether oxygens (including phenoxy) is 1. The van der Waals surface area contributed by atoms with Crippen molar-refractivity contribution in [2.75, 3.05) is 6.61 Å². The van der Waals surface area contributed by atoms with Crippen molar-refractivity contribution in [1.29, 1.82) is 0 Å². The topological polar surface area (TPSA) is 66.8 Å². The van der Waals surface area contributed by atoms with Crippen LogP contribution >= 0.6 is 0 Å². The average Bonchev–Trinajstić information content (AvgIpc) is 2.34. The van der Waals surface area contributed by atoms with Crippen LogP contribution in [0.3, 0.4) is 0 Å². The lowest BCUT2D eigenvalue weighted by Gasteiger charge is -2.14. The minimum atomic E-state index is -0.941. The molecule has 70 valence electrons. The molecule has 12 heavy (non-hydrogen) atoms. The molecule has 0 amide bonds. The van der Waals surface area contributed by atoms with Crippen LogP contribution in [-0.4, -0.2) is 35.0 Å². The van der Waals surface area contributed by atoms with Crippen LogP contribution in [0.5, 0.6) is 0 Å². The molecule has 0 aromatic heterocycles. The lowest BCUT2D eigenvalue weighted by molar-refractivity contribution is -0.152. The highest BCUT2D eigenvalue weighted by Gasteiger charge is 2.38. The minimum absolute atomic E-state index is 0.318. The molecule has 0 bridgehead atoms. The van der Waals surface area contributed by atoms with Crippen LogP contribution in [-0.2, 0) is 9.53 Å². The van der Waals surface area contributed by atoms with Crippen LogP contribution in [0.2, 0.25) is 0 Å². The van der Waals surface area contributed by atoms with Gasteiger partial charge in [0, 0.05) is 0 Å². The summed E-state index contributed by atoms with van der Waals surface area (Å²) in [5.41, 5.74) is 0. The van der Waals surface area contributed by atoms with E-state index in [4.69, 9.17) is 9.84 Å². The first-order chi connectivity index (χ1) is 5.66. The molecule has 0 saturated heterocycles. The summed E-state index contributed by atoms with van der Waals surface area (Å²) in [5, 5.41) is 18.4. The van der Waals surface area contributed by atoms with E-state index in [2.05, 4.69) is 0 Å². The van der Waals surface area contributed by atoms with Crippen molar-refractivity contribution in [3.8, 4) is 0 Å². The highest BCUT2D eigenvalue weighted by molar-refractivity contribution is 5.73. The lowest BCUT2D eigenvalue weighted by atomic mass is 10.1. The van der Waals surface area contributed by atoms with Gasteiger partial charge in [0.1, 0.15) is 0 Å². The maximum absolute atomic E-state index is 11.1. The van der Waals surface area contributed by atoms with Gasteiger partial charge in [-0.2, -0.15) is 0 Å². The molecule has 2 N–H and O–H groups in total. The molecule has 0 aromatic carbocycles. The second-order valence-corrected chi connectivity index (χ2v) is 2.99. The molecule has 1 fully saturated rings. The van der Waals surface area contributed by atoms with Gasteiger partial charge in [0.05, 0.1) is 24.7 Å². The van der Waals surface area contributed by atoms with E-state index < -0.39 is 24.1 Å². The van der Waals surface area contributed by atoms with E-state index in [1.807, 2.05) is 0 Å². The van der Waals surface area contributed by atoms with Gasteiger partial charge < -0.3 is 14.9 Å². The van der Waals surface area contributed by atoms with Crippen LogP contribution in [0, 0.1) is 5.92 Å². The van der Waals surface area contributed by atoms with E-state index in [0.717, 1.165) is 0 Å². The molecule has 1 unspecified atom stereocenters. The molecular formula is C8H14O4. The quantitative estimate of drug-likeness (QED) is 0.563. The van der Waals surface area contributed by atoms with Crippen molar-refractivity contribution in [2.45, 2.75) is 32.0 Å². The lowest BCUT2D eigenvalue weighted by Crippen LogP contribution is -2.31. The second-order valence-electron chi connectivity index (χ2n) is 2.99. The zero-order valence-electron chi connectivity index (χ0n) is 7.06. The van der Waals surface area contributed by atoms with E-state index in [1.54, 1.807) is 6.92 Å². The summed E-state index contributed by atoms with van der Waals surface area (Å²) in [7, 11) is 0. The SMILES string of the molecule is CCOC(=O)C1CC[C@H](O)[C@@H]1O. The number of esters is 1. The predicted octanol–water partition coefficient (Wildman–Crippen LogP) is -0.319. The fraction of sp³-hybridized carbons (Fsp3) is 0.875. The van der Waals surface area contributed by atoms with E-state index in [-0.39, 0.29) is 0 Å². The molecule has 1 rings (SSSR count). The maximum Gasteiger partial charge on any atom is 0.311 e. The summed E-state index contributed by atoms with van der Waals surface area (Å²) in [6.45, 7) is 2.04. The molecule has 0 heterocycles. The Morgan fingerprint density at radius 2 is 2.17 bits per heavy atom.